The van der Waals surface area contributed by atoms with Gasteiger partial charge in [-0.05, 0) is 44.4 Å². The number of carbonyl (C=O) groups is 1. The first-order valence-corrected chi connectivity index (χ1v) is 7.41. The fourth-order valence-corrected chi connectivity index (χ4v) is 3.41. The zero-order valence-corrected chi connectivity index (χ0v) is 11.9. The van der Waals surface area contributed by atoms with E-state index in [9.17, 15) is 9.90 Å². The third kappa shape index (κ3) is 2.74. The van der Waals surface area contributed by atoms with Crippen LogP contribution in [-0.2, 0) is 0 Å². The van der Waals surface area contributed by atoms with Crippen LogP contribution in [0.25, 0.3) is 0 Å². The van der Waals surface area contributed by atoms with Gasteiger partial charge in [0, 0.05) is 18.6 Å². The highest BCUT2D eigenvalue weighted by Gasteiger charge is 2.32. The van der Waals surface area contributed by atoms with Crippen molar-refractivity contribution < 1.29 is 9.90 Å². The lowest BCUT2D eigenvalue weighted by atomic mass is 9.97. The van der Waals surface area contributed by atoms with Crippen LogP contribution in [0, 0.1) is 0 Å². The standard InChI is InChI=1S/C14H18ClN3O2/c15-12-4-3-11(14(19)20)13(17-12)16-9-5-7-18-6-1-2-10(18)8-9/h3-4,9-10H,1-2,5-8H2,(H,16,17)(H,19,20). The van der Waals surface area contributed by atoms with Crippen molar-refractivity contribution in [1.29, 1.82) is 0 Å². The Labute approximate surface area is 122 Å². The number of piperidine rings is 1. The van der Waals surface area contributed by atoms with Gasteiger partial charge in [-0.1, -0.05) is 11.6 Å². The van der Waals surface area contributed by atoms with Gasteiger partial charge >= 0.3 is 5.97 Å². The van der Waals surface area contributed by atoms with Crippen LogP contribution in [0.3, 0.4) is 0 Å². The molecule has 6 heteroatoms. The quantitative estimate of drug-likeness (QED) is 0.839. The second-order valence-corrected chi connectivity index (χ2v) is 5.92. The van der Waals surface area contributed by atoms with Crippen LogP contribution < -0.4 is 5.32 Å². The predicted molar refractivity (Wildman–Crippen MR) is 77.4 cm³/mol. The third-order valence-corrected chi connectivity index (χ3v) is 4.46. The number of anilines is 1. The predicted octanol–water partition coefficient (Wildman–Crippen LogP) is 2.47. The highest BCUT2D eigenvalue weighted by Crippen LogP contribution is 2.29. The van der Waals surface area contributed by atoms with E-state index < -0.39 is 5.97 Å². The summed E-state index contributed by atoms with van der Waals surface area (Å²) in [6, 6.07) is 3.92. The first-order chi connectivity index (χ1) is 9.63. The van der Waals surface area contributed by atoms with Gasteiger partial charge in [-0.2, -0.15) is 0 Å². The van der Waals surface area contributed by atoms with Gasteiger partial charge in [0.15, 0.2) is 0 Å². The van der Waals surface area contributed by atoms with E-state index in [2.05, 4.69) is 15.2 Å². The van der Waals surface area contributed by atoms with Gasteiger partial charge in [0.1, 0.15) is 16.5 Å². The molecule has 2 fully saturated rings. The summed E-state index contributed by atoms with van der Waals surface area (Å²) in [5.41, 5.74) is 0.184. The molecule has 1 aromatic rings. The van der Waals surface area contributed by atoms with Crippen LogP contribution in [0.5, 0.6) is 0 Å². The fourth-order valence-electron chi connectivity index (χ4n) is 3.27. The molecule has 0 amide bonds. The Morgan fingerprint density at radius 3 is 3.05 bits per heavy atom. The van der Waals surface area contributed by atoms with Gasteiger partial charge in [0.25, 0.3) is 0 Å². The van der Waals surface area contributed by atoms with Gasteiger partial charge in [0.05, 0.1) is 0 Å². The Balaban J connectivity index is 1.74. The van der Waals surface area contributed by atoms with E-state index in [1.54, 1.807) is 0 Å². The van der Waals surface area contributed by atoms with Gasteiger partial charge in [-0.3, -0.25) is 0 Å². The van der Waals surface area contributed by atoms with Crippen molar-refractivity contribution in [2.75, 3.05) is 18.4 Å². The average Bonchev–Trinajstić information content (AvgIpc) is 2.85. The molecule has 1 aromatic heterocycles. The number of carboxylic acids is 1. The number of nitrogens with zero attached hydrogens (tertiary/aromatic N) is 2. The summed E-state index contributed by atoms with van der Waals surface area (Å²) in [4.78, 5) is 17.9. The Morgan fingerprint density at radius 1 is 1.40 bits per heavy atom. The lowest BCUT2D eigenvalue weighted by molar-refractivity contribution is 0.0697. The number of rotatable bonds is 3. The molecule has 2 saturated heterocycles. The average molecular weight is 296 g/mol. The molecule has 0 bridgehead atoms. The van der Waals surface area contributed by atoms with E-state index in [0.717, 1.165) is 19.4 Å². The lowest BCUT2D eigenvalue weighted by Crippen LogP contribution is -2.43. The molecule has 3 heterocycles. The van der Waals surface area contributed by atoms with Crippen molar-refractivity contribution in [3.05, 3.63) is 22.8 Å². The number of hydrogen-bond acceptors (Lipinski definition) is 4. The number of aromatic nitrogens is 1. The van der Waals surface area contributed by atoms with Crippen LogP contribution in [0.2, 0.25) is 5.15 Å². The molecule has 3 rings (SSSR count). The molecular weight excluding hydrogens is 278 g/mol. The molecule has 2 atom stereocenters. The summed E-state index contributed by atoms with van der Waals surface area (Å²) in [5.74, 6) is -0.587. The van der Waals surface area contributed by atoms with E-state index in [-0.39, 0.29) is 11.6 Å². The minimum atomic E-state index is -0.977. The molecule has 0 saturated carbocycles. The first-order valence-electron chi connectivity index (χ1n) is 7.04. The van der Waals surface area contributed by atoms with Gasteiger partial charge < -0.3 is 15.3 Å². The van der Waals surface area contributed by atoms with Crippen molar-refractivity contribution in [2.24, 2.45) is 0 Å². The summed E-state index contributed by atoms with van der Waals surface area (Å²) in [6.07, 6.45) is 4.58. The van der Waals surface area contributed by atoms with Crippen LogP contribution in [0.15, 0.2) is 12.1 Å². The van der Waals surface area contributed by atoms with E-state index >= 15 is 0 Å². The molecule has 20 heavy (non-hydrogen) atoms. The molecule has 0 radical (unpaired) electrons. The molecule has 0 spiro atoms. The van der Waals surface area contributed by atoms with Gasteiger partial charge in [-0.15, -0.1) is 0 Å². The first kappa shape index (κ1) is 13.6. The summed E-state index contributed by atoms with van der Waals surface area (Å²) >= 11 is 5.88. The minimum absolute atomic E-state index is 0.184. The smallest absolute Gasteiger partial charge is 0.339 e. The van der Waals surface area contributed by atoms with Crippen molar-refractivity contribution in [1.82, 2.24) is 9.88 Å². The largest absolute Gasteiger partial charge is 0.478 e. The lowest BCUT2D eigenvalue weighted by Gasteiger charge is -2.35. The molecule has 5 nitrogen and oxygen atoms in total. The van der Waals surface area contributed by atoms with Crippen LogP contribution in [-0.4, -0.2) is 46.1 Å². The molecule has 2 aliphatic rings. The highest BCUT2D eigenvalue weighted by atomic mass is 35.5. The Kier molecular flexibility index (Phi) is 3.81. The summed E-state index contributed by atoms with van der Waals surface area (Å²) < 4.78 is 0. The number of carboxylic acid groups (broad SMARTS) is 1. The maximum Gasteiger partial charge on any atom is 0.339 e. The topological polar surface area (TPSA) is 65.5 Å². The summed E-state index contributed by atoms with van der Waals surface area (Å²) in [7, 11) is 0. The number of aromatic carboxylic acids is 1. The van der Waals surface area contributed by atoms with Crippen molar-refractivity contribution in [2.45, 2.75) is 37.8 Å². The maximum absolute atomic E-state index is 11.2. The molecule has 108 valence electrons. The summed E-state index contributed by atoms with van der Waals surface area (Å²) in [6.45, 7) is 2.28. The van der Waals surface area contributed by atoms with Crippen molar-refractivity contribution in [3.63, 3.8) is 0 Å². The van der Waals surface area contributed by atoms with Crippen LogP contribution in [0.1, 0.15) is 36.0 Å². The number of pyridine rings is 1. The SMILES string of the molecule is O=C(O)c1ccc(Cl)nc1NC1CCN2CCCC2C1. The fraction of sp³-hybridized carbons (Fsp3) is 0.571. The van der Waals surface area contributed by atoms with Crippen molar-refractivity contribution >= 4 is 23.4 Å². The number of fused-ring (bicyclic) bond motifs is 1. The zero-order valence-electron chi connectivity index (χ0n) is 11.2. The Morgan fingerprint density at radius 2 is 2.25 bits per heavy atom. The monoisotopic (exact) mass is 295 g/mol. The molecule has 0 aliphatic carbocycles. The normalized spacial score (nSPS) is 26.2. The summed E-state index contributed by atoms with van der Waals surface area (Å²) in [5, 5.41) is 12.8. The number of halogens is 1. The zero-order chi connectivity index (χ0) is 14.1. The van der Waals surface area contributed by atoms with E-state index in [1.807, 2.05) is 0 Å². The van der Waals surface area contributed by atoms with Crippen LogP contribution >= 0.6 is 11.6 Å². The second kappa shape index (κ2) is 5.58. The second-order valence-electron chi connectivity index (χ2n) is 5.53. The van der Waals surface area contributed by atoms with Crippen LogP contribution in [0.4, 0.5) is 5.82 Å². The molecule has 2 unspecified atom stereocenters. The highest BCUT2D eigenvalue weighted by molar-refractivity contribution is 6.29. The molecular formula is C14H18ClN3O2. The number of hydrogen-bond donors (Lipinski definition) is 2. The maximum atomic E-state index is 11.2. The Hall–Kier alpha value is -1.33. The molecule has 2 N–H and O–H groups in total. The van der Waals surface area contributed by atoms with Gasteiger partial charge in [-0.25, -0.2) is 9.78 Å². The third-order valence-electron chi connectivity index (χ3n) is 4.25. The minimum Gasteiger partial charge on any atom is -0.478 e. The van der Waals surface area contributed by atoms with E-state index in [0.29, 0.717) is 17.0 Å². The van der Waals surface area contributed by atoms with E-state index in [1.165, 1.54) is 31.5 Å². The Bertz CT molecular complexity index is 523. The van der Waals surface area contributed by atoms with Gasteiger partial charge in [0.2, 0.25) is 0 Å². The molecule has 0 aromatic carbocycles. The van der Waals surface area contributed by atoms with E-state index in [4.69, 9.17) is 11.6 Å². The molecule has 2 aliphatic heterocycles. The van der Waals surface area contributed by atoms with Crippen molar-refractivity contribution in [3.8, 4) is 0 Å². The number of nitrogens with one attached hydrogen (secondary N) is 1.